The zero-order valence-corrected chi connectivity index (χ0v) is 8.77. The minimum absolute atomic E-state index is 0.133. The average molecular weight is 216 g/mol. The predicted octanol–water partition coefficient (Wildman–Crippen LogP) is 2.37. The van der Waals surface area contributed by atoms with E-state index in [1.54, 1.807) is 25.1 Å². The Labute approximate surface area is 87.5 Å². The molecule has 0 heterocycles. The van der Waals surface area contributed by atoms with E-state index in [1.165, 1.54) is 0 Å². The summed E-state index contributed by atoms with van der Waals surface area (Å²) >= 11 is 9.80. The number of ketones is 1. The van der Waals surface area contributed by atoms with Crippen molar-refractivity contribution in [2.45, 2.75) is 17.2 Å². The fourth-order valence-corrected chi connectivity index (χ4v) is 1.42. The molecule has 0 aromatic heterocycles. The van der Waals surface area contributed by atoms with E-state index in [0.29, 0.717) is 16.1 Å². The molecular weight excluding hydrogens is 206 g/mol. The molecule has 0 aliphatic carbocycles. The Kier molecular flexibility index (Phi) is 3.22. The number of benzene rings is 1. The highest BCUT2D eigenvalue weighted by Crippen LogP contribution is 2.20. The Balaban J connectivity index is 3.09. The lowest BCUT2D eigenvalue weighted by Gasteiger charge is -2.05. The number of nitrogen functional groups attached to an aromatic ring is 1. The third kappa shape index (κ3) is 2.39. The van der Waals surface area contributed by atoms with Crippen LogP contribution in [0.4, 0.5) is 5.69 Å². The number of nitrogens with two attached hydrogens (primary N) is 1. The van der Waals surface area contributed by atoms with Crippen molar-refractivity contribution in [2.75, 3.05) is 5.73 Å². The zero-order chi connectivity index (χ0) is 10.0. The molecular formula is C9H10ClNOS. The molecule has 70 valence electrons. The van der Waals surface area contributed by atoms with Crippen molar-refractivity contribution in [1.82, 2.24) is 0 Å². The number of carbonyl (C=O) groups is 1. The van der Waals surface area contributed by atoms with E-state index in [9.17, 15) is 4.79 Å². The van der Waals surface area contributed by atoms with Gasteiger partial charge in [0, 0.05) is 16.1 Å². The fraction of sp³-hybridized carbons (Fsp3) is 0.222. The van der Waals surface area contributed by atoms with Crippen molar-refractivity contribution in [3.8, 4) is 0 Å². The van der Waals surface area contributed by atoms with Gasteiger partial charge in [-0.15, -0.1) is 24.2 Å². The summed E-state index contributed by atoms with van der Waals surface area (Å²) in [6, 6.07) is 4.93. The zero-order valence-electron chi connectivity index (χ0n) is 7.12. The van der Waals surface area contributed by atoms with Crippen LogP contribution in [-0.4, -0.2) is 11.2 Å². The van der Waals surface area contributed by atoms with E-state index < -0.39 is 5.38 Å². The normalized spacial score (nSPS) is 12.5. The molecule has 2 N–H and O–H groups in total. The highest BCUT2D eigenvalue weighted by Gasteiger charge is 2.14. The summed E-state index contributed by atoms with van der Waals surface area (Å²) in [5.41, 5.74) is 6.61. The lowest BCUT2D eigenvalue weighted by Crippen LogP contribution is -2.11. The van der Waals surface area contributed by atoms with E-state index in [2.05, 4.69) is 12.6 Å². The van der Waals surface area contributed by atoms with Gasteiger partial charge in [-0.1, -0.05) is 0 Å². The topological polar surface area (TPSA) is 43.1 Å². The van der Waals surface area contributed by atoms with Crippen LogP contribution in [0, 0.1) is 0 Å². The second kappa shape index (κ2) is 4.03. The third-order valence-electron chi connectivity index (χ3n) is 1.65. The molecule has 2 nitrogen and oxygen atoms in total. The summed E-state index contributed by atoms with van der Waals surface area (Å²) in [5, 5.41) is -0.533. The molecule has 4 heteroatoms. The van der Waals surface area contributed by atoms with E-state index in [4.69, 9.17) is 17.3 Å². The Bertz CT molecular complexity index is 338. The number of carbonyl (C=O) groups excluding carboxylic acids is 1. The van der Waals surface area contributed by atoms with Crippen molar-refractivity contribution in [1.29, 1.82) is 0 Å². The largest absolute Gasteiger partial charge is 0.399 e. The molecule has 1 atom stereocenters. The van der Waals surface area contributed by atoms with Gasteiger partial charge in [0.25, 0.3) is 0 Å². The van der Waals surface area contributed by atoms with Crippen LogP contribution in [0.5, 0.6) is 0 Å². The maximum absolute atomic E-state index is 11.5. The van der Waals surface area contributed by atoms with Crippen LogP contribution in [0.15, 0.2) is 23.1 Å². The standard InChI is InChI=1S/C9H10ClNOS/c1-5(10)9(12)7-3-2-6(11)4-8(7)13/h2-5,13H,11H2,1H3. The van der Waals surface area contributed by atoms with E-state index >= 15 is 0 Å². The van der Waals surface area contributed by atoms with Crippen LogP contribution >= 0.6 is 24.2 Å². The van der Waals surface area contributed by atoms with Gasteiger partial charge >= 0.3 is 0 Å². The van der Waals surface area contributed by atoms with Gasteiger partial charge in [0.1, 0.15) is 0 Å². The predicted molar refractivity (Wildman–Crippen MR) is 57.8 cm³/mol. The van der Waals surface area contributed by atoms with E-state index in [-0.39, 0.29) is 5.78 Å². The number of halogens is 1. The van der Waals surface area contributed by atoms with Crippen molar-refractivity contribution < 1.29 is 4.79 Å². The van der Waals surface area contributed by atoms with Crippen molar-refractivity contribution in [2.24, 2.45) is 0 Å². The molecule has 0 aliphatic heterocycles. The van der Waals surface area contributed by atoms with Gasteiger partial charge in [-0.05, 0) is 25.1 Å². The van der Waals surface area contributed by atoms with Gasteiger partial charge in [-0.3, -0.25) is 4.79 Å². The Hall–Kier alpha value is -0.670. The minimum Gasteiger partial charge on any atom is -0.399 e. The summed E-state index contributed by atoms with van der Waals surface area (Å²) in [5.74, 6) is -0.133. The molecule has 1 aromatic rings. The molecule has 1 aromatic carbocycles. The van der Waals surface area contributed by atoms with Crippen molar-refractivity contribution >= 4 is 35.7 Å². The fourth-order valence-electron chi connectivity index (χ4n) is 0.971. The monoisotopic (exact) mass is 215 g/mol. The van der Waals surface area contributed by atoms with Crippen molar-refractivity contribution in [3.05, 3.63) is 23.8 Å². The van der Waals surface area contributed by atoms with Crippen molar-refractivity contribution in [3.63, 3.8) is 0 Å². The molecule has 0 aliphatic rings. The highest BCUT2D eigenvalue weighted by atomic mass is 35.5. The molecule has 1 rings (SSSR count). The van der Waals surface area contributed by atoms with Crippen LogP contribution in [0.3, 0.4) is 0 Å². The minimum atomic E-state index is -0.533. The lowest BCUT2D eigenvalue weighted by molar-refractivity contribution is 0.0989. The first kappa shape index (κ1) is 10.4. The molecule has 0 spiro atoms. The van der Waals surface area contributed by atoms with Gasteiger partial charge in [-0.25, -0.2) is 0 Å². The van der Waals surface area contributed by atoms with Crippen LogP contribution in [0.2, 0.25) is 0 Å². The Morgan fingerprint density at radius 1 is 1.62 bits per heavy atom. The molecule has 0 amide bonds. The van der Waals surface area contributed by atoms with Gasteiger partial charge in [-0.2, -0.15) is 0 Å². The number of rotatable bonds is 2. The maximum atomic E-state index is 11.5. The van der Waals surface area contributed by atoms with E-state index in [0.717, 1.165) is 0 Å². The molecule has 1 unspecified atom stereocenters. The third-order valence-corrected chi connectivity index (χ3v) is 2.22. The quantitative estimate of drug-likeness (QED) is 0.344. The summed E-state index contributed by atoms with van der Waals surface area (Å²) < 4.78 is 0. The molecule has 0 bridgehead atoms. The number of hydrogen-bond donors (Lipinski definition) is 2. The molecule has 13 heavy (non-hydrogen) atoms. The Morgan fingerprint density at radius 2 is 2.23 bits per heavy atom. The summed E-state index contributed by atoms with van der Waals surface area (Å²) in [6.07, 6.45) is 0. The summed E-state index contributed by atoms with van der Waals surface area (Å²) in [6.45, 7) is 1.63. The van der Waals surface area contributed by atoms with Gasteiger partial charge < -0.3 is 5.73 Å². The first-order valence-corrected chi connectivity index (χ1v) is 4.67. The first-order chi connectivity index (χ1) is 6.02. The highest BCUT2D eigenvalue weighted by molar-refractivity contribution is 7.80. The SMILES string of the molecule is CC(Cl)C(=O)c1ccc(N)cc1S. The second-order valence-corrected chi connectivity index (χ2v) is 3.89. The number of hydrogen-bond acceptors (Lipinski definition) is 3. The Morgan fingerprint density at radius 3 is 2.69 bits per heavy atom. The summed E-state index contributed by atoms with van der Waals surface area (Å²) in [7, 11) is 0. The molecule has 0 saturated carbocycles. The molecule has 0 radical (unpaired) electrons. The first-order valence-electron chi connectivity index (χ1n) is 3.79. The number of anilines is 1. The number of thiol groups is 1. The van der Waals surface area contributed by atoms with Crippen LogP contribution in [0.25, 0.3) is 0 Å². The number of Topliss-reactive ketones (excluding diaryl/α,β-unsaturated/α-hetero) is 1. The summed E-state index contributed by atoms with van der Waals surface area (Å²) in [4.78, 5) is 12.0. The average Bonchev–Trinajstić information content (AvgIpc) is 2.03. The lowest BCUT2D eigenvalue weighted by atomic mass is 10.1. The van der Waals surface area contributed by atoms with Gasteiger partial charge in [0.2, 0.25) is 0 Å². The van der Waals surface area contributed by atoms with Crippen LogP contribution < -0.4 is 5.73 Å². The van der Waals surface area contributed by atoms with Gasteiger partial charge in [0.15, 0.2) is 5.78 Å². The molecule has 0 saturated heterocycles. The van der Waals surface area contributed by atoms with E-state index in [1.807, 2.05) is 0 Å². The second-order valence-electron chi connectivity index (χ2n) is 2.76. The van der Waals surface area contributed by atoms with Crippen LogP contribution in [-0.2, 0) is 0 Å². The maximum Gasteiger partial charge on any atom is 0.181 e. The molecule has 0 fully saturated rings. The number of alkyl halides is 1. The smallest absolute Gasteiger partial charge is 0.181 e. The van der Waals surface area contributed by atoms with Crippen LogP contribution in [0.1, 0.15) is 17.3 Å². The van der Waals surface area contributed by atoms with Gasteiger partial charge in [0.05, 0.1) is 5.38 Å².